The van der Waals surface area contributed by atoms with E-state index in [9.17, 15) is 0 Å². The summed E-state index contributed by atoms with van der Waals surface area (Å²) in [5.74, 6) is 0. The zero-order valence-electron chi connectivity index (χ0n) is 14.7. The van der Waals surface area contributed by atoms with Crippen molar-refractivity contribution in [2.75, 3.05) is 0 Å². The van der Waals surface area contributed by atoms with Gasteiger partial charge >= 0.3 is 0 Å². The summed E-state index contributed by atoms with van der Waals surface area (Å²) in [5, 5.41) is 0. The molecule has 2 aromatic carbocycles. The quantitative estimate of drug-likeness (QED) is 0.467. The minimum atomic E-state index is 0.876. The second kappa shape index (κ2) is 6.48. The lowest BCUT2D eigenvalue weighted by Gasteiger charge is -2.14. The topological polar surface area (TPSA) is 9.86 Å². The number of aryl methyl sites for hydroxylation is 2. The zero-order chi connectivity index (χ0) is 17.2. The molecule has 25 heavy (non-hydrogen) atoms. The lowest BCUT2D eigenvalue weighted by atomic mass is 10.1. The second-order valence-corrected chi connectivity index (χ2v) is 6.49. The van der Waals surface area contributed by atoms with Crippen molar-refractivity contribution in [3.05, 3.63) is 96.3 Å². The van der Waals surface area contributed by atoms with Gasteiger partial charge in [0.05, 0.1) is 5.69 Å². The van der Waals surface area contributed by atoms with Gasteiger partial charge in [-0.1, -0.05) is 60.7 Å². The summed E-state index contributed by atoms with van der Waals surface area (Å²) in [6.07, 6.45) is 2.11. The molecule has 0 spiro atoms. The molecule has 0 N–H and O–H groups in total. The minimum Gasteiger partial charge on any atom is -0.351 e. The molecular formula is C23H22N2. The molecule has 4 rings (SSSR count). The van der Waals surface area contributed by atoms with Crippen LogP contribution in [0.5, 0.6) is 0 Å². The highest BCUT2D eigenvalue weighted by Gasteiger charge is 2.17. The first-order valence-corrected chi connectivity index (χ1v) is 8.65. The average Bonchev–Trinajstić information content (AvgIpc) is 3.20. The molecule has 0 bridgehead atoms. The van der Waals surface area contributed by atoms with Crippen LogP contribution in [-0.4, -0.2) is 9.13 Å². The first-order chi connectivity index (χ1) is 12.2. The van der Waals surface area contributed by atoms with Crippen molar-refractivity contribution in [3.63, 3.8) is 0 Å². The van der Waals surface area contributed by atoms with Gasteiger partial charge in [-0.05, 0) is 36.2 Å². The molecule has 2 aromatic heterocycles. The van der Waals surface area contributed by atoms with Gasteiger partial charge < -0.3 is 9.13 Å². The Bertz CT molecular complexity index is 976. The predicted octanol–water partition coefficient (Wildman–Crippen LogP) is 5.52. The molecular weight excluding hydrogens is 304 g/mol. The molecule has 0 aliphatic rings. The lowest BCUT2D eigenvalue weighted by Crippen LogP contribution is -2.04. The summed E-state index contributed by atoms with van der Waals surface area (Å²) in [7, 11) is 2.11. The van der Waals surface area contributed by atoms with Crippen LogP contribution in [0.3, 0.4) is 0 Å². The summed E-state index contributed by atoms with van der Waals surface area (Å²) in [4.78, 5) is 0. The Morgan fingerprint density at radius 2 is 1.48 bits per heavy atom. The Hall–Kier alpha value is -3.00. The van der Waals surface area contributed by atoms with Gasteiger partial charge in [-0.3, -0.25) is 0 Å². The number of benzene rings is 2. The Labute approximate surface area is 149 Å². The van der Waals surface area contributed by atoms with Gasteiger partial charge in [0.15, 0.2) is 0 Å². The summed E-state index contributed by atoms with van der Waals surface area (Å²) in [6, 6.07) is 27.9. The van der Waals surface area contributed by atoms with E-state index >= 15 is 0 Å². The fourth-order valence-electron chi connectivity index (χ4n) is 3.49. The van der Waals surface area contributed by atoms with Crippen LogP contribution in [0.1, 0.15) is 11.3 Å². The standard InChI is InChI=1S/C23H22N2/c1-18-16-21(22-14-9-15-24(22)2)23(20-12-7-4-8-13-20)25(18)17-19-10-5-3-6-11-19/h3-16H,17H2,1-2H3. The normalized spacial score (nSPS) is 11.0. The molecule has 2 nitrogen and oxygen atoms in total. The smallest absolute Gasteiger partial charge is 0.0580 e. The van der Waals surface area contributed by atoms with Crippen LogP contribution in [0, 0.1) is 6.92 Å². The van der Waals surface area contributed by atoms with Crippen LogP contribution < -0.4 is 0 Å². The van der Waals surface area contributed by atoms with Gasteiger partial charge in [0.25, 0.3) is 0 Å². The number of hydrogen-bond donors (Lipinski definition) is 0. The van der Waals surface area contributed by atoms with Crippen molar-refractivity contribution < 1.29 is 0 Å². The molecule has 2 heterocycles. The number of rotatable bonds is 4. The van der Waals surface area contributed by atoms with Gasteiger partial charge in [-0.15, -0.1) is 0 Å². The largest absolute Gasteiger partial charge is 0.351 e. The number of nitrogens with zero attached hydrogens (tertiary/aromatic N) is 2. The summed E-state index contributed by atoms with van der Waals surface area (Å²) < 4.78 is 4.61. The van der Waals surface area contributed by atoms with Gasteiger partial charge in [0.1, 0.15) is 0 Å². The molecule has 0 aliphatic heterocycles. The van der Waals surface area contributed by atoms with Crippen LogP contribution in [0.4, 0.5) is 0 Å². The third-order valence-corrected chi connectivity index (χ3v) is 4.75. The van der Waals surface area contributed by atoms with Gasteiger partial charge in [0.2, 0.25) is 0 Å². The molecule has 124 valence electrons. The number of aromatic nitrogens is 2. The molecule has 0 saturated carbocycles. The lowest BCUT2D eigenvalue weighted by molar-refractivity contribution is 0.784. The molecule has 0 atom stereocenters. The molecule has 0 amide bonds. The van der Waals surface area contributed by atoms with E-state index < -0.39 is 0 Å². The van der Waals surface area contributed by atoms with E-state index in [4.69, 9.17) is 0 Å². The fourth-order valence-corrected chi connectivity index (χ4v) is 3.49. The molecule has 0 fully saturated rings. The van der Waals surface area contributed by atoms with Crippen molar-refractivity contribution in [1.82, 2.24) is 9.13 Å². The van der Waals surface area contributed by atoms with Crippen LogP contribution in [-0.2, 0) is 13.6 Å². The van der Waals surface area contributed by atoms with Crippen molar-refractivity contribution in [3.8, 4) is 22.5 Å². The zero-order valence-corrected chi connectivity index (χ0v) is 14.7. The Morgan fingerprint density at radius 3 is 2.12 bits per heavy atom. The van der Waals surface area contributed by atoms with Gasteiger partial charge in [-0.2, -0.15) is 0 Å². The molecule has 4 aromatic rings. The Morgan fingerprint density at radius 1 is 0.800 bits per heavy atom. The van der Waals surface area contributed by atoms with E-state index in [1.165, 1.54) is 33.8 Å². The van der Waals surface area contributed by atoms with Crippen molar-refractivity contribution in [2.45, 2.75) is 13.5 Å². The summed E-state index contributed by atoms with van der Waals surface area (Å²) in [5.41, 5.74) is 7.66. The summed E-state index contributed by atoms with van der Waals surface area (Å²) in [6.45, 7) is 3.07. The Balaban J connectivity index is 1.92. The molecule has 0 radical (unpaired) electrons. The van der Waals surface area contributed by atoms with Gasteiger partial charge in [-0.25, -0.2) is 0 Å². The highest BCUT2D eigenvalue weighted by molar-refractivity contribution is 5.81. The maximum atomic E-state index is 2.42. The predicted molar refractivity (Wildman–Crippen MR) is 105 cm³/mol. The molecule has 0 unspecified atom stereocenters. The van der Waals surface area contributed by atoms with E-state index in [2.05, 4.69) is 108 Å². The number of hydrogen-bond acceptors (Lipinski definition) is 0. The van der Waals surface area contributed by atoms with E-state index in [0.29, 0.717) is 0 Å². The van der Waals surface area contributed by atoms with Crippen molar-refractivity contribution >= 4 is 0 Å². The summed E-state index contributed by atoms with van der Waals surface area (Å²) >= 11 is 0. The molecule has 2 heteroatoms. The third-order valence-electron chi connectivity index (χ3n) is 4.75. The maximum Gasteiger partial charge on any atom is 0.0580 e. The monoisotopic (exact) mass is 326 g/mol. The van der Waals surface area contributed by atoms with E-state index in [-0.39, 0.29) is 0 Å². The molecule has 0 aliphatic carbocycles. The van der Waals surface area contributed by atoms with Crippen LogP contribution >= 0.6 is 0 Å². The Kier molecular flexibility index (Phi) is 4.02. The van der Waals surface area contributed by atoms with Crippen LogP contribution in [0.15, 0.2) is 85.1 Å². The van der Waals surface area contributed by atoms with E-state index in [1.807, 2.05) is 0 Å². The first kappa shape index (κ1) is 15.5. The minimum absolute atomic E-state index is 0.876. The van der Waals surface area contributed by atoms with Gasteiger partial charge in [0, 0.05) is 36.7 Å². The van der Waals surface area contributed by atoms with Crippen LogP contribution in [0.25, 0.3) is 22.5 Å². The highest BCUT2D eigenvalue weighted by atomic mass is 15.0. The van der Waals surface area contributed by atoms with Crippen LogP contribution in [0.2, 0.25) is 0 Å². The third kappa shape index (κ3) is 2.91. The SMILES string of the molecule is Cc1cc(-c2cccn2C)c(-c2ccccc2)n1Cc1ccccc1. The van der Waals surface area contributed by atoms with Crippen molar-refractivity contribution in [1.29, 1.82) is 0 Å². The molecule has 0 saturated heterocycles. The van der Waals surface area contributed by atoms with Crippen molar-refractivity contribution in [2.24, 2.45) is 7.05 Å². The second-order valence-electron chi connectivity index (χ2n) is 6.49. The highest BCUT2D eigenvalue weighted by Crippen LogP contribution is 2.35. The average molecular weight is 326 g/mol. The first-order valence-electron chi connectivity index (χ1n) is 8.65. The van der Waals surface area contributed by atoms with E-state index in [0.717, 1.165) is 6.54 Å². The fraction of sp³-hybridized carbons (Fsp3) is 0.130. The maximum absolute atomic E-state index is 2.42. The van der Waals surface area contributed by atoms with E-state index in [1.54, 1.807) is 0 Å².